The van der Waals surface area contributed by atoms with Crippen molar-refractivity contribution in [2.75, 3.05) is 4.90 Å². The molecule has 2 aliphatic rings. The fraction of sp³-hybridized carbons (Fsp3) is 0.300. The third-order valence-electron chi connectivity index (χ3n) is 4.95. The van der Waals surface area contributed by atoms with Gasteiger partial charge in [0.2, 0.25) is 5.91 Å². The van der Waals surface area contributed by atoms with Gasteiger partial charge in [0.05, 0.1) is 11.7 Å². The van der Waals surface area contributed by atoms with Crippen molar-refractivity contribution in [3.63, 3.8) is 0 Å². The number of hydrogen-bond donors (Lipinski definition) is 1. The van der Waals surface area contributed by atoms with Crippen LogP contribution in [0.5, 0.6) is 0 Å². The average Bonchev–Trinajstić information content (AvgIpc) is 3.11. The standard InChI is InChI=1S/C20H20N2O2S/c1-13-7-9-15(10-8-13)14(2)21-19(24)20-12-11-18(23)22(20)16-5-3-4-6-17(16)25-20/h3-10,14H,11-12H2,1-2H3,(H,21,24). The van der Waals surface area contributed by atoms with E-state index in [1.54, 1.807) is 4.90 Å². The predicted molar refractivity (Wildman–Crippen MR) is 99.5 cm³/mol. The lowest BCUT2D eigenvalue weighted by atomic mass is 10.1. The summed E-state index contributed by atoms with van der Waals surface area (Å²) in [5.74, 6) is -0.0665. The molecule has 1 N–H and O–H groups in total. The van der Waals surface area contributed by atoms with Gasteiger partial charge in [0.15, 0.2) is 4.87 Å². The number of aryl methyl sites for hydroxylation is 1. The molecule has 5 heteroatoms. The van der Waals surface area contributed by atoms with Gasteiger partial charge in [-0.1, -0.05) is 53.7 Å². The molecule has 2 atom stereocenters. The minimum Gasteiger partial charge on any atom is -0.347 e. The van der Waals surface area contributed by atoms with E-state index in [9.17, 15) is 9.59 Å². The highest BCUT2D eigenvalue weighted by Gasteiger charge is 2.57. The van der Waals surface area contributed by atoms with E-state index in [2.05, 4.69) is 5.32 Å². The van der Waals surface area contributed by atoms with Crippen LogP contribution in [-0.4, -0.2) is 16.7 Å². The number of carbonyl (C=O) groups is 2. The van der Waals surface area contributed by atoms with Crippen molar-refractivity contribution in [3.05, 3.63) is 59.7 Å². The summed E-state index contributed by atoms with van der Waals surface area (Å²) >= 11 is 1.50. The fourth-order valence-corrected chi connectivity index (χ4v) is 4.97. The lowest BCUT2D eigenvalue weighted by Gasteiger charge is -2.31. The van der Waals surface area contributed by atoms with Gasteiger partial charge >= 0.3 is 0 Å². The molecule has 2 unspecified atom stereocenters. The number of anilines is 1. The first-order valence-electron chi connectivity index (χ1n) is 8.50. The second kappa shape index (κ2) is 5.92. The highest BCUT2D eigenvalue weighted by molar-refractivity contribution is 8.02. The molecule has 0 radical (unpaired) electrons. The molecule has 4 nitrogen and oxygen atoms in total. The summed E-state index contributed by atoms with van der Waals surface area (Å²) < 4.78 is 0. The summed E-state index contributed by atoms with van der Waals surface area (Å²) in [5, 5.41) is 3.12. The van der Waals surface area contributed by atoms with Crippen molar-refractivity contribution in [3.8, 4) is 0 Å². The molecule has 2 amide bonds. The molecular weight excluding hydrogens is 332 g/mol. The van der Waals surface area contributed by atoms with E-state index in [0.29, 0.717) is 12.8 Å². The van der Waals surface area contributed by atoms with Crippen LogP contribution in [0.4, 0.5) is 5.69 Å². The molecule has 4 rings (SSSR count). The minimum atomic E-state index is -0.847. The normalized spacial score (nSPS) is 22.5. The number of carbonyl (C=O) groups excluding carboxylic acids is 2. The lowest BCUT2D eigenvalue weighted by Crippen LogP contribution is -2.52. The summed E-state index contributed by atoms with van der Waals surface area (Å²) in [7, 11) is 0. The van der Waals surface area contributed by atoms with E-state index >= 15 is 0 Å². The van der Waals surface area contributed by atoms with Crippen LogP contribution in [0.1, 0.15) is 36.9 Å². The maximum Gasteiger partial charge on any atom is 0.257 e. The maximum absolute atomic E-state index is 13.2. The number of nitrogens with one attached hydrogen (secondary N) is 1. The second-order valence-corrected chi connectivity index (χ2v) is 8.01. The predicted octanol–water partition coefficient (Wildman–Crippen LogP) is 3.80. The summed E-state index contributed by atoms with van der Waals surface area (Å²) in [6, 6.07) is 15.8. The Hall–Kier alpha value is -2.27. The van der Waals surface area contributed by atoms with Crippen LogP contribution in [0.2, 0.25) is 0 Å². The Kier molecular flexibility index (Phi) is 3.84. The first-order chi connectivity index (χ1) is 12.0. The third-order valence-corrected chi connectivity index (χ3v) is 6.43. The first kappa shape index (κ1) is 16.2. The van der Waals surface area contributed by atoms with Gasteiger partial charge in [0.1, 0.15) is 0 Å². The fourth-order valence-electron chi connectivity index (χ4n) is 3.55. The highest BCUT2D eigenvalue weighted by atomic mass is 32.2. The van der Waals surface area contributed by atoms with E-state index in [0.717, 1.165) is 16.1 Å². The van der Waals surface area contributed by atoms with Crippen LogP contribution in [0, 0.1) is 6.92 Å². The number of para-hydroxylation sites is 1. The van der Waals surface area contributed by atoms with E-state index < -0.39 is 4.87 Å². The average molecular weight is 352 g/mol. The number of hydrogen-bond acceptors (Lipinski definition) is 3. The zero-order valence-corrected chi connectivity index (χ0v) is 15.1. The summed E-state index contributed by atoms with van der Waals surface area (Å²) in [4.78, 5) is 27.5. The van der Waals surface area contributed by atoms with Gasteiger partial charge in [0, 0.05) is 11.3 Å². The molecule has 0 spiro atoms. The van der Waals surface area contributed by atoms with Gasteiger partial charge in [-0.15, -0.1) is 0 Å². The Labute approximate surface area is 151 Å². The van der Waals surface area contributed by atoms with Gasteiger partial charge in [-0.2, -0.15) is 0 Å². The number of thioether (sulfide) groups is 1. The molecule has 0 bridgehead atoms. The molecule has 0 saturated carbocycles. The number of benzene rings is 2. The van der Waals surface area contributed by atoms with Gasteiger partial charge in [-0.25, -0.2) is 0 Å². The topological polar surface area (TPSA) is 49.4 Å². The molecule has 1 fully saturated rings. The van der Waals surface area contributed by atoms with Gasteiger partial charge in [-0.05, 0) is 38.0 Å². The number of fused-ring (bicyclic) bond motifs is 3. The Morgan fingerprint density at radius 2 is 1.92 bits per heavy atom. The van der Waals surface area contributed by atoms with E-state index in [1.165, 1.54) is 17.3 Å². The first-order valence-corrected chi connectivity index (χ1v) is 9.31. The monoisotopic (exact) mass is 352 g/mol. The quantitative estimate of drug-likeness (QED) is 0.914. The van der Waals surface area contributed by atoms with Crippen LogP contribution < -0.4 is 10.2 Å². The molecule has 2 aromatic carbocycles. The number of amides is 2. The lowest BCUT2D eigenvalue weighted by molar-refractivity contribution is -0.125. The van der Waals surface area contributed by atoms with Crippen molar-refractivity contribution in [2.24, 2.45) is 0 Å². The molecule has 0 aromatic heterocycles. The van der Waals surface area contributed by atoms with Crippen molar-refractivity contribution < 1.29 is 9.59 Å². The Morgan fingerprint density at radius 1 is 1.20 bits per heavy atom. The highest BCUT2D eigenvalue weighted by Crippen LogP contribution is 2.55. The van der Waals surface area contributed by atoms with E-state index in [-0.39, 0.29) is 17.9 Å². The van der Waals surface area contributed by atoms with Crippen LogP contribution in [0.25, 0.3) is 0 Å². The molecular formula is C20H20N2O2S. The summed E-state index contributed by atoms with van der Waals surface area (Å²) in [5.41, 5.74) is 3.11. The Balaban J connectivity index is 1.61. The minimum absolute atomic E-state index is 0.0237. The van der Waals surface area contributed by atoms with E-state index in [4.69, 9.17) is 0 Å². The largest absolute Gasteiger partial charge is 0.347 e. The molecule has 1 saturated heterocycles. The zero-order valence-electron chi connectivity index (χ0n) is 14.3. The Morgan fingerprint density at radius 3 is 2.68 bits per heavy atom. The van der Waals surface area contributed by atoms with Crippen LogP contribution in [-0.2, 0) is 9.59 Å². The number of rotatable bonds is 3. The van der Waals surface area contributed by atoms with Crippen LogP contribution >= 0.6 is 11.8 Å². The molecule has 128 valence electrons. The van der Waals surface area contributed by atoms with Crippen molar-refractivity contribution in [2.45, 2.75) is 42.5 Å². The van der Waals surface area contributed by atoms with Crippen molar-refractivity contribution in [1.29, 1.82) is 0 Å². The molecule has 2 aromatic rings. The van der Waals surface area contributed by atoms with E-state index in [1.807, 2.05) is 62.4 Å². The van der Waals surface area contributed by atoms with Gasteiger partial charge < -0.3 is 5.32 Å². The molecule has 2 aliphatic heterocycles. The SMILES string of the molecule is Cc1ccc(C(C)NC(=O)C23CCC(=O)N2c2ccccc2S3)cc1. The van der Waals surface area contributed by atoms with Crippen molar-refractivity contribution >= 4 is 29.3 Å². The van der Waals surface area contributed by atoms with Crippen LogP contribution in [0.15, 0.2) is 53.4 Å². The van der Waals surface area contributed by atoms with Gasteiger partial charge in [0.25, 0.3) is 5.91 Å². The van der Waals surface area contributed by atoms with Crippen molar-refractivity contribution in [1.82, 2.24) is 5.32 Å². The van der Waals surface area contributed by atoms with Crippen LogP contribution in [0.3, 0.4) is 0 Å². The Bertz CT molecular complexity index is 849. The molecule has 25 heavy (non-hydrogen) atoms. The zero-order chi connectivity index (χ0) is 17.6. The van der Waals surface area contributed by atoms with Gasteiger partial charge in [-0.3, -0.25) is 14.5 Å². The maximum atomic E-state index is 13.2. The summed E-state index contributed by atoms with van der Waals surface area (Å²) in [6.07, 6.45) is 0.950. The molecule has 2 heterocycles. The molecule has 0 aliphatic carbocycles. The number of nitrogens with zero attached hydrogens (tertiary/aromatic N) is 1. The summed E-state index contributed by atoms with van der Waals surface area (Å²) in [6.45, 7) is 4.02. The second-order valence-electron chi connectivity index (χ2n) is 6.69. The smallest absolute Gasteiger partial charge is 0.257 e. The third kappa shape index (κ3) is 2.54.